The first-order chi connectivity index (χ1) is 11.0. The zero-order valence-electron chi connectivity index (χ0n) is 13.5. The second-order valence-electron chi connectivity index (χ2n) is 6.13. The fourth-order valence-electron chi connectivity index (χ4n) is 2.94. The largest absolute Gasteiger partial charge is 0.349 e. The zero-order chi connectivity index (χ0) is 16.4. The Bertz CT molecular complexity index is 691. The van der Waals surface area contributed by atoms with Crippen molar-refractivity contribution in [3.63, 3.8) is 0 Å². The molecule has 0 saturated heterocycles. The van der Waals surface area contributed by atoms with E-state index in [0.717, 1.165) is 31.4 Å². The van der Waals surface area contributed by atoms with Crippen LogP contribution in [0.15, 0.2) is 30.5 Å². The molecule has 1 amide bonds. The van der Waals surface area contributed by atoms with Gasteiger partial charge in [0.2, 0.25) is 0 Å². The predicted octanol–water partition coefficient (Wildman–Crippen LogP) is 3.26. The summed E-state index contributed by atoms with van der Waals surface area (Å²) in [5, 5.41) is 8.20. The number of carbonyl (C=O) groups excluding carboxylic acids is 1. The summed E-state index contributed by atoms with van der Waals surface area (Å²) in [6, 6.07) is 7.84. The molecule has 0 aliphatic heterocycles. The Morgan fingerprint density at radius 2 is 1.88 bits per heavy atom. The third kappa shape index (κ3) is 4.29. The SMILES string of the molecule is Cc1nn(-c2ccc(Cl)cc2)cc1C(=O)NC1CCC(N)CC1.Cl. The summed E-state index contributed by atoms with van der Waals surface area (Å²) in [6.45, 7) is 1.85. The van der Waals surface area contributed by atoms with Crippen molar-refractivity contribution >= 4 is 29.9 Å². The van der Waals surface area contributed by atoms with Crippen LogP contribution in [-0.4, -0.2) is 27.8 Å². The Morgan fingerprint density at radius 3 is 2.50 bits per heavy atom. The van der Waals surface area contributed by atoms with E-state index in [-0.39, 0.29) is 30.4 Å². The summed E-state index contributed by atoms with van der Waals surface area (Å²) in [4.78, 5) is 12.5. The van der Waals surface area contributed by atoms with Gasteiger partial charge in [0.25, 0.3) is 5.91 Å². The molecule has 3 rings (SSSR count). The van der Waals surface area contributed by atoms with Gasteiger partial charge < -0.3 is 11.1 Å². The van der Waals surface area contributed by atoms with E-state index >= 15 is 0 Å². The molecule has 2 aromatic rings. The maximum absolute atomic E-state index is 12.5. The quantitative estimate of drug-likeness (QED) is 0.872. The van der Waals surface area contributed by atoms with Gasteiger partial charge in [-0.2, -0.15) is 5.10 Å². The van der Waals surface area contributed by atoms with Gasteiger partial charge in [-0.25, -0.2) is 4.68 Å². The van der Waals surface area contributed by atoms with Crippen LogP contribution in [0, 0.1) is 6.92 Å². The molecule has 0 radical (unpaired) electrons. The smallest absolute Gasteiger partial charge is 0.254 e. The number of rotatable bonds is 3. The Balaban J connectivity index is 0.00000208. The van der Waals surface area contributed by atoms with Crippen LogP contribution in [0.3, 0.4) is 0 Å². The molecule has 7 heteroatoms. The highest BCUT2D eigenvalue weighted by Crippen LogP contribution is 2.19. The fourth-order valence-corrected chi connectivity index (χ4v) is 3.06. The van der Waals surface area contributed by atoms with E-state index in [1.54, 1.807) is 23.0 Å². The standard InChI is InChI=1S/C17H21ClN4O.ClH/c1-11-16(17(23)20-14-6-4-13(19)5-7-14)10-22(21-11)15-8-2-12(18)3-9-15;/h2-3,8-10,13-14H,4-7,19H2,1H3,(H,20,23);1H. The minimum Gasteiger partial charge on any atom is -0.349 e. The van der Waals surface area contributed by atoms with Crippen molar-refractivity contribution in [2.75, 3.05) is 0 Å². The van der Waals surface area contributed by atoms with Crippen LogP contribution < -0.4 is 11.1 Å². The molecular weight excluding hydrogens is 347 g/mol. The molecular formula is C17H22Cl2N4O. The van der Waals surface area contributed by atoms with Crippen molar-refractivity contribution in [3.8, 4) is 5.69 Å². The van der Waals surface area contributed by atoms with Crippen molar-refractivity contribution in [1.29, 1.82) is 0 Å². The molecule has 0 atom stereocenters. The number of hydrogen-bond acceptors (Lipinski definition) is 3. The summed E-state index contributed by atoms with van der Waals surface area (Å²) in [6.07, 6.45) is 5.58. The lowest BCUT2D eigenvalue weighted by Crippen LogP contribution is -2.40. The molecule has 1 aromatic carbocycles. The van der Waals surface area contributed by atoms with Gasteiger partial charge in [0.1, 0.15) is 0 Å². The molecule has 1 aliphatic carbocycles. The molecule has 130 valence electrons. The zero-order valence-corrected chi connectivity index (χ0v) is 15.1. The van der Waals surface area contributed by atoms with Crippen molar-refractivity contribution in [2.24, 2.45) is 5.73 Å². The number of nitrogens with two attached hydrogens (primary N) is 1. The van der Waals surface area contributed by atoms with Gasteiger partial charge in [0.05, 0.1) is 16.9 Å². The Kier molecular flexibility index (Phi) is 6.27. The average molecular weight is 369 g/mol. The number of aromatic nitrogens is 2. The Hall–Kier alpha value is -1.56. The average Bonchev–Trinajstić information content (AvgIpc) is 2.92. The summed E-state index contributed by atoms with van der Waals surface area (Å²) in [5.74, 6) is -0.0665. The third-order valence-electron chi connectivity index (χ3n) is 4.34. The van der Waals surface area contributed by atoms with E-state index in [0.29, 0.717) is 16.3 Å². The van der Waals surface area contributed by atoms with Crippen molar-refractivity contribution in [1.82, 2.24) is 15.1 Å². The van der Waals surface area contributed by atoms with E-state index in [1.165, 1.54) is 0 Å². The second kappa shape index (κ2) is 8.01. The van der Waals surface area contributed by atoms with E-state index in [1.807, 2.05) is 19.1 Å². The first kappa shape index (κ1) is 18.8. The molecule has 3 N–H and O–H groups in total. The van der Waals surface area contributed by atoms with Gasteiger partial charge in [-0.15, -0.1) is 12.4 Å². The number of aryl methyl sites for hydroxylation is 1. The maximum atomic E-state index is 12.5. The second-order valence-corrected chi connectivity index (χ2v) is 6.57. The maximum Gasteiger partial charge on any atom is 0.254 e. The van der Waals surface area contributed by atoms with Gasteiger partial charge >= 0.3 is 0 Å². The molecule has 1 saturated carbocycles. The molecule has 5 nitrogen and oxygen atoms in total. The molecule has 1 aromatic heterocycles. The lowest BCUT2D eigenvalue weighted by molar-refractivity contribution is 0.0925. The minimum atomic E-state index is -0.0665. The van der Waals surface area contributed by atoms with E-state index in [4.69, 9.17) is 17.3 Å². The molecule has 0 unspecified atom stereocenters. The lowest BCUT2D eigenvalue weighted by atomic mass is 9.91. The first-order valence-electron chi connectivity index (χ1n) is 7.91. The van der Waals surface area contributed by atoms with Crippen LogP contribution >= 0.6 is 24.0 Å². The van der Waals surface area contributed by atoms with Crippen LogP contribution in [0.4, 0.5) is 0 Å². The monoisotopic (exact) mass is 368 g/mol. The summed E-state index contributed by atoms with van der Waals surface area (Å²) < 4.78 is 1.71. The van der Waals surface area contributed by atoms with Gasteiger partial charge in [-0.05, 0) is 56.9 Å². The van der Waals surface area contributed by atoms with E-state index in [9.17, 15) is 4.79 Å². The molecule has 1 heterocycles. The normalized spacial score (nSPS) is 20.3. The van der Waals surface area contributed by atoms with Crippen LogP contribution in [0.1, 0.15) is 41.7 Å². The molecule has 0 spiro atoms. The number of nitrogens with one attached hydrogen (secondary N) is 1. The number of carbonyl (C=O) groups is 1. The minimum absolute atomic E-state index is 0. The number of benzene rings is 1. The summed E-state index contributed by atoms with van der Waals surface area (Å²) in [5.41, 5.74) is 8.10. The number of nitrogens with zero attached hydrogens (tertiary/aromatic N) is 2. The number of hydrogen-bond donors (Lipinski definition) is 2. The highest BCUT2D eigenvalue weighted by molar-refractivity contribution is 6.30. The molecule has 1 aliphatic rings. The lowest BCUT2D eigenvalue weighted by Gasteiger charge is -2.26. The van der Waals surface area contributed by atoms with Crippen molar-refractivity contribution < 1.29 is 4.79 Å². The van der Waals surface area contributed by atoms with Crippen molar-refractivity contribution in [2.45, 2.75) is 44.7 Å². The van der Waals surface area contributed by atoms with Crippen LogP contribution in [0.25, 0.3) is 5.69 Å². The molecule has 0 bridgehead atoms. The van der Waals surface area contributed by atoms with Gasteiger partial charge in [-0.3, -0.25) is 4.79 Å². The van der Waals surface area contributed by atoms with Crippen LogP contribution in [-0.2, 0) is 0 Å². The third-order valence-corrected chi connectivity index (χ3v) is 4.59. The topological polar surface area (TPSA) is 72.9 Å². The van der Waals surface area contributed by atoms with Crippen molar-refractivity contribution in [3.05, 3.63) is 46.7 Å². The van der Waals surface area contributed by atoms with Gasteiger partial charge in [0.15, 0.2) is 0 Å². The molecule has 1 fully saturated rings. The highest BCUT2D eigenvalue weighted by atomic mass is 35.5. The van der Waals surface area contributed by atoms with Gasteiger partial charge in [-0.1, -0.05) is 11.6 Å². The fraction of sp³-hybridized carbons (Fsp3) is 0.412. The van der Waals surface area contributed by atoms with E-state index < -0.39 is 0 Å². The Labute approximate surface area is 153 Å². The Morgan fingerprint density at radius 1 is 1.25 bits per heavy atom. The summed E-state index contributed by atoms with van der Waals surface area (Å²) >= 11 is 5.90. The van der Waals surface area contributed by atoms with E-state index in [2.05, 4.69) is 10.4 Å². The highest BCUT2D eigenvalue weighted by Gasteiger charge is 2.22. The predicted molar refractivity (Wildman–Crippen MR) is 98.3 cm³/mol. The number of amides is 1. The van der Waals surface area contributed by atoms with Crippen LogP contribution in [0.2, 0.25) is 5.02 Å². The van der Waals surface area contributed by atoms with Gasteiger partial charge in [0, 0.05) is 23.3 Å². The molecule has 24 heavy (non-hydrogen) atoms. The van der Waals surface area contributed by atoms with Crippen LogP contribution in [0.5, 0.6) is 0 Å². The first-order valence-corrected chi connectivity index (χ1v) is 8.29. The number of halogens is 2. The summed E-state index contributed by atoms with van der Waals surface area (Å²) in [7, 11) is 0.